The molecule has 0 bridgehead atoms. The third-order valence-corrected chi connectivity index (χ3v) is 2.52. The first-order valence-corrected chi connectivity index (χ1v) is 5.74. The first-order chi connectivity index (χ1) is 7.00. The van der Waals surface area contributed by atoms with Gasteiger partial charge in [0.15, 0.2) is 0 Å². The standard InChI is InChI=1S/C13H23O2/c1-4-5-6-7-8-9-10-11-13(2,3)12(14)15/h5-6H,2,4,7-11H2,1,3H3,(H,14,15). The second-order valence-corrected chi connectivity index (χ2v) is 4.34. The Bertz CT molecular complexity index is 205. The Labute approximate surface area is 93.4 Å². The molecule has 1 unspecified atom stereocenters. The van der Waals surface area contributed by atoms with Crippen molar-refractivity contribution in [2.24, 2.45) is 5.41 Å². The molecule has 15 heavy (non-hydrogen) atoms. The van der Waals surface area contributed by atoms with Gasteiger partial charge < -0.3 is 5.11 Å². The van der Waals surface area contributed by atoms with Crippen molar-refractivity contribution in [1.82, 2.24) is 0 Å². The molecule has 0 amide bonds. The van der Waals surface area contributed by atoms with E-state index in [0.717, 1.165) is 32.1 Å². The third-order valence-electron chi connectivity index (χ3n) is 2.52. The highest BCUT2D eigenvalue weighted by Crippen LogP contribution is 2.23. The van der Waals surface area contributed by atoms with Gasteiger partial charge in [-0.15, -0.1) is 0 Å². The van der Waals surface area contributed by atoms with E-state index in [-0.39, 0.29) is 0 Å². The van der Waals surface area contributed by atoms with Crippen LogP contribution in [0.25, 0.3) is 0 Å². The molecule has 0 aliphatic carbocycles. The maximum absolute atomic E-state index is 10.8. The van der Waals surface area contributed by atoms with E-state index in [4.69, 9.17) is 5.11 Å². The van der Waals surface area contributed by atoms with E-state index in [1.807, 2.05) is 0 Å². The fraction of sp³-hybridized carbons (Fsp3) is 0.692. The molecule has 0 aliphatic rings. The van der Waals surface area contributed by atoms with Crippen LogP contribution < -0.4 is 0 Å². The zero-order chi connectivity index (χ0) is 11.7. The van der Waals surface area contributed by atoms with Crippen LogP contribution in [0.15, 0.2) is 12.2 Å². The number of unbranched alkanes of at least 4 members (excludes halogenated alkanes) is 3. The summed E-state index contributed by atoms with van der Waals surface area (Å²) < 4.78 is 0. The van der Waals surface area contributed by atoms with Gasteiger partial charge in [-0.25, -0.2) is 0 Å². The molecule has 0 aliphatic heterocycles. The van der Waals surface area contributed by atoms with Crippen molar-refractivity contribution in [1.29, 1.82) is 0 Å². The minimum Gasteiger partial charge on any atom is -0.481 e. The molecule has 0 fully saturated rings. The Morgan fingerprint density at radius 2 is 2.00 bits per heavy atom. The van der Waals surface area contributed by atoms with Gasteiger partial charge in [0.05, 0.1) is 5.41 Å². The Morgan fingerprint density at radius 3 is 2.53 bits per heavy atom. The van der Waals surface area contributed by atoms with Crippen molar-refractivity contribution in [2.75, 3.05) is 0 Å². The van der Waals surface area contributed by atoms with Gasteiger partial charge in [-0.3, -0.25) is 4.79 Å². The predicted octanol–water partition coefficient (Wildman–Crippen LogP) is 3.83. The number of rotatable bonds is 8. The first-order valence-electron chi connectivity index (χ1n) is 5.74. The van der Waals surface area contributed by atoms with Crippen LogP contribution >= 0.6 is 0 Å². The lowest BCUT2D eigenvalue weighted by molar-refractivity contribution is -0.145. The van der Waals surface area contributed by atoms with E-state index < -0.39 is 11.4 Å². The molecule has 0 rings (SSSR count). The monoisotopic (exact) mass is 211 g/mol. The van der Waals surface area contributed by atoms with Crippen LogP contribution in [0.5, 0.6) is 0 Å². The molecule has 2 nitrogen and oxygen atoms in total. The number of hydrogen-bond donors (Lipinski definition) is 1. The van der Waals surface area contributed by atoms with E-state index in [1.165, 1.54) is 0 Å². The van der Waals surface area contributed by atoms with Crippen molar-refractivity contribution >= 4 is 5.97 Å². The van der Waals surface area contributed by atoms with Crippen molar-refractivity contribution in [3.63, 3.8) is 0 Å². The van der Waals surface area contributed by atoms with E-state index in [9.17, 15) is 4.79 Å². The van der Waals surface area contributed by atoms with Crippen LogP contribution in [-0.4, -0.2) is 11.1 Å². The molecular weight excluding hydrogens is 188 g/mol. The molecule has 0 saturated heterocycles. The molecule has 1 atom stereocenters. The molecule has 0 aromatic rings. The number of carboxylic acid groups (broad SMARTS) is 1. The van der Waals surface area contributed by atoms with Crippen LogP contribution in [0.3, 0.4) is 0 Å². The maximum Gasteiger partial charge on any atom is 0.309 e. The van der Waals surface area contributed by atoms with Crippen LogP contribution in [0.4, 0.5) is 0 Å². The lowest BCUT2D eigenvalue weighted by Gasteiger charge is -2.18. The highest BCUT2D eigenvalue weighted by atomic mass is 16.4. The van der Waals surface area contributed by atoms with Crippen molar-refractivity contribution in [3.05, 3.63) is 19.1 Å². The van der Waals surface area contributed by atoms with Crippen LogP contribution in [0, 0.1) is 12.3 Å². The quantitative estimate of drug-likeness (QED) is 0.489. The summed E-state index contributed by atoms with van der Waals surface area (Å²) in [5.74, 6) is -0.798. The van der Waals surface area contributed by atoms with Crippen LogP contribution in [-0.2, 0) is 4.79 Å². The summed E-state index contributed by atoms with van der Waals surface area (Å²) in [7, 11) is 0. The van der Waals surface area contributed by atoms with Crippen molar-refractivity contribution < 1.29 is 9.90 Å². The summed E-state index contributed by atoms with van der Waals surface area (Å²) in [4.78, 5) is 10.8. The Balaban J connectivity index is 3.46. The van der Waals surface area contributed by atoms with Gasteiger partial charge in [-0.2, -0.15) is 0 Å². The average molecular weight is 211 g/mol. The number of aliphatic carboxylic acids is 1. The number of carbonyl (C=O) groups is 1. The molecule has 87 valence electrons. The highest BCUT2D eigenvalue weighted by molar-refractivity contribution is 5.74. The second-order valence-electron chi connectivity index (χ2n) is 4.34. The maximum atomic E-state index is 10.8. The van der Waals surface area contributed by atoms with E-state index >= 15 is 0 Å². The molecule has 0 aromatic heterocycles. The molecule has 1 N–H and O–H groups in total. The second kappa shape index (κ2) is 7.49. The molecule has 0 aromatic carbocycles. The normalized spacial score (nSPS) is 12.2. The summed E-state index contributed by atoms with van der Waals surface area (Å²) in [5, 5.41) is 8.84. The highest BCUT2D eigenvalue weighted by Gasteiger charge is 2.25. The lowest BCUT2D eigenvalue weighted by atomic mass is 9.87. The molecule has 0 saturated carbocycles. The lowest BCUT2D eigenvalue weighted by Crippen LogP contribution is -2.23. The van der Waals surface area contributed by atoms with Gasteiger partial charge in [0, 0.05) is 0 Å². The molecule has 2 heteroatoms. The summed E-state index contributed by atoms with van der Waals surface area (Å²) in [6.07, 6.45) is 10.4. The number of allylic oxidation sites excluding steroid dienone is 2. The SMILES string of the molecule is [CH2]C(C)(CCCCCC=CCC)C(=O)O. The van der Waals surface area contributed by atoms with Crippen molar-refractivity contribution in [3.8, 4) is 0 Å². The van der Waals surface area contributed by atoms with Gasteiger partial charge in [0.25, 0.3) is 0 Å². The van der Waals surface area contributed by atoms with E-state index in [2.05, 4.69) is 26.0 Å². The number of hydrogen-bond acceptors (Lipinski definition) is 1. The van der Waals surface area contributed by atoms with Crippen LogP contribution in [0.1, 0.15) is 52.4 Å². The van der Waals surface area contributed by atoms with Crippen molar-refractivity contribution in [2.45, 2.75) is 52.4 Å². The van der Waals surface area contributed by atoms with E-state index in [0.29, 0.717) is 6.42 Å². The topological polar surface area (TPSA) is 37.3 Å². The van der Waals surface area contributed by atoms with Gasteiger partial charge >= 0.3 is 5.97 Å². The minimum absolute atomic E-state index is 0.666. The Kier molecular flexibility index (Phi) is 7.10. The molecular formula is C13H23O2. The van der Waals surface area contributed by atoms with Gasteiger partial charge in [-0.05, 0) is 39.5 Å². The Morgan fingerprint density at radius 1 is 1.33 bits per heavy atom. The summed E-state index contributed by atoms with van der Waals surface area (Å²) in [5.41, 5.74) is -0.806. The zero-order valence-electron chi connectivity index (χ0n) is 9.96. The molecule has 0 spiro atoms. The number of carboxylic acids is 1. The van der Waals surface area contributed by atoms with Gasteiger partial charge in [-0.1, -0.05) is 31.9 Å². The summed E-state index contributed by atoms with van der Waals surface area (Å²) >= 11 is 0. The average Bonchev–Trinajstić information content (AvgIpc) is 2.16. The zero-order valence-corrected chi connectivity index (χ0v) is 9.96. The predicted molar refractivity (Wildman–Crippen MR) is 63.6 cm³/mol. The van der Waals surface area contributed by atoms with E-state index in [1.54, 1.807) is 6.92 Å². The molecule has 0 heterocycles. The molecule has 1 radical (unpaired) electrons. The fourth-order valence-corrected chi connectivity index (χ4v) is 1.35. The smallest absolute Gasteiger partial charge is 0.309 e. The Hall–Kier alpha value is -0.790. The minimum atomic E-state index is -0.806. The van der Waals surface area contributed by atoms with Gasteiger partial charge in [0.2, 0.25) is 0 Å². The largest absolute Gasteiger partial charge is 0.481 e. The first kappa shape index (κ1) is 14.2. The third kappa shape index (κ3) is 7.18. The fourth-order valence-electron chi connectivity index (χ4n) is 1.35. The summed E-state index contributed by atoms with van der Waals surface area (Å²) in [6, 6.07) is 0. The summed E-state index contributed by atoms with van der Waals surface area (Å²) in [6.45, 7) is 7.51. The van der Waals surface area contributed by atoms with Gasteiger partial charge in [0.1, 0.15) is 0 Å². The van der Waals surface area contributed by atoms with Crippen LogP contribution in [0.2, 0.25) is 0 Å².